The second-order valence-electron chi connectivity index (χ2n) is 6.53. The molecule has 0 bridgehead atoms. The SMILES string of the molecule is COP(=O)(O)OP(=O)(O)OP(=O)(OC)OC[C@H]1O[C@@H](n2cnc3c(=S)nc(N)[nH]c32)[C@@H](O)C1O. The van der Waals surface area contributed by atoms with Gasteiger partial charge in [-0.3, -0.25) is 18.1 Å². The van der Waals surface area contributed by atoms with E-state index in [1.54, 1.807) is 0 Å². The number of aliphatic hydroxyl groups excluding tert-OH is 2. The zero-order valence-corrected chi connectivity index (χ0v) is 20.7. The number of nitrogens with one attached hydrogen (secondary N) is 1. The first-order chi connectivity index (χ1) is 15.7. The van der Waals surface area contributed by atoms with E-state index in [9.17, 15) is 28.8 Å². The van der Waals surface area contributed by atoms with E-state index in [4.69, 9.17) is 32.1 Å². The Labute approximate surface area is 195 Å². The maximum absolute atomic E-state index is 12.5. The normalized spacial score (nSPS) is 28.4. The minimum absolute atomic E-state index is 0.0399. The highest BCUT2D eigenvalue weighted by atomic mass is 32.1. The molecule has 0 aromatic carbocycles. The first kappa shape index (κ1) is 27.4. The summed E-state index contributed by atoms with van der Waals surface area (Å²) in [5.74, 6) is -0.0399. The number of hydrogen-bond donors (Lipinski definition) is 6. The van der Waals surface area contributed by atoms with E-state index >= 15 is 0 Å². The molecule has 192 valence electrons. The van der Waals surface area contributed by atoms with Gasteiger partial charge in [0.2, 0.25) is 0 Å². The fourth-order valence-electron chi connectivity index (χ4n) is 2.82. The predicted octanol–water partition coefficient (Wildman–Crippen LogP) is 0.342. The number of aliphatic hydroxyl groups is 2. The lowest BCUT2D eigenvalue weighted by molar-refractivity contribution is -0.0508. The van der Waals surface area contributed by atoms with Gasteiger partial charge >= 0.3 is 23.5 Å². The van der Waals surface area contributed by atoms with E-state index in [1.165, 1.54) is 10.9 Å². The largest absolute Gasteiger partial charge is 0.490 e. The van der Waals surface area contributed by atoms with Crippen LogP contribution in [0.2, 0.25) is 0 Å². The Morgan fingerprint density at radius 2 is 1.85 bits per heavy atom. The van der Waals surface area contributed by atoms with Crippen molar-refractivity contribution in [1.82, 2.24) is 19.5 Å². The van der Waals surface area contributed by atoms with Gasteiger partial charge in [0.05, 0.1) is 12.9 Å². The Hall–Kier alpha value is -1.14. The number of imidazole rings is 1. The van der Waals surface area contributed by atoms with Crippen LogP contribution in [0.3, 0.4) is 0 Å². The summed E-state index contributed by atoms with van der Waals surface area (Å²) in [6, 6.07) is 0. The summed E-state index contributed by atoms with van der Waals surface area (Å²) >= 11 is 5.07. The van der Waals surface area contributed by atoms with Gasteiger partial charge in [0, 0.05) is 14.2 Å². The van der Waals surface area contributed by atoms with Crippen LogP contribution >= 0.6 is 35.7 Å². The summed E-state index contributed by atoms with van der Waals surface area (Å²) in [5.41, 5.74) is 6.11. The molecule has 0 saturated carbocycles. The molecule has 18 nitrogen and oxygen atoms in total. The first-order valence-corrected chi connectivity index (χ1v) is 13.7. The standard InChI is InChI=1S/C12H20N5O13P3S/c1-25-31(20,21)29-32(22,23)30-33(24,26-2)27-3-5-7(18)8(19)11(28-5)17-4-14-6-9(17)15-12(13)16-10(6)34/h4-5,7-8,11,18-19H,3H2,1-2H3,(H,20,21)(H,22,23)(H3,13,15,16,34)/t5-,7?,8+,11-,33?/m1/s1. The van der Waals surface area contributed by atoms with E-state index in [-0.39, 0.29) is 21.8 Å². The molecule has 1 fully saturated rings. The first-order valence-electron chi connectivity index (χ1n) is 8.89. The maximum atomic E-state index is 12.5. The number of nitrogen functional groups attached to an aromatic ring is 1. The molecule has 22 heteroatoms. The van der Waals surface area contributed by atoms with Gasteiger partial charge in [-0.25, -0.2) is 23.7 Å². The van der Waals surface area contributed by atoms with Crippen LogP contribution in [-0.4, -0.2) is 78.7 Å². The highest BCUT2D eigenvalue weighted by Gasteiger charge is 2.47. The number of ether oxygens (including phenoxy) is 1. The number of H-pyrrole nitrogens is 1. The van der Waals surface area contributed by atoms with Crippen LogP contribution < -0.4 is 5.73 Å². The predicted molar refractivity (Wildman–Crippen MR) is 112 cm³/mol. The zero-order chi connectivity index (χ0) is 25.5. The monoisotopic (exact) mass is 567 g/mol. The summed E-state index contributed by atoms with van der Waals surface area (Å²) in [4.78, 5) is 29.3. The molecule has 3 heterocycles. The van der Waals surface area contributed by atoms with E-state index in [2.05, 4.69) is 32.6 Å². The Kier molecular flexibility index (Phi) is 8.14. The third kappa shape index (κ3) is 5.98. The number of aromatic nitrogens is 4. The number of hydrogen-bond acceptors (Lipinski definition) is 15. The lowest BCUT2D eigenvalue weighted by Gasteiger charge is -2.21. The summed E-state index contributed by atoms with van der Waals surface area (Å²) in [6.45, 7) is -0.798. The van der Waals surface area contributed by atoms with Gasteiger partial charge in [-0.2, -0.15) is 8.62 Å². The quantitative estimate of drug-likeness (QED) is 0.167. The summed E-state index contributed by atoms with van der Waals surface area (Å²) < 4.78 is 64.1. The van der Waals surface area contributed by atoms with Crippen molar-refractivity contribution < 1.29 is 60.6 Å². The van der Waals surface area contributed by atoms with Crippen LogP contribution in [0, 0.1) is 4.64 Å². The van der Waals surface area contributed by atoms with Crippen molar-refractivity contribution in [2.45, 2.75) is 24.5 Å². The average molecular weight is 567 g/mol. The third-order valence-corrected chi connectivity index (χ3v) is 9.27. The lowest BCUT2D eigenvalue weighted by Crippen LogP contribution is -2.33. The molecule has 2 aromatic heterocycles. The molecule has 2 aromatic rings. The van der Waals surface area contributed by atoms with Gasteiger partial charge in [0.25, 0.3) is 0 Å². The van der Waals surface area contributed by atoms with Crippen molar-refractivity contribution in [3.63, 3.8) is 0 Å². The molecule has 3 rings (SSSR count). The minimum Gasteiger partial charge on any atom is -0.387 e. The van der Waals surface area contributed by atoms with E-state index < -0.39 is 54.6 Å². The molecule has 1 aliphatic rings. The molecular formula is C12H20N5O13P3S. The molecule has 0 amide bonds. The van der Waals surface area contributed by atoms with Crippen LogP contribution in [-0.2, 0) is 40.6 Å². The Morgan fingerprint density at radius 1 is 1.18 bits per heavy atom. The Balaban J connectivity index is 1.74. The molecule has 7 atom stereocenters. The molecule has 0 spiro atoms. The highest BCUT2D eigenvalue weighted by molar-refractivity contribution is 7.71. The number of nitrogens with two attached hydrogens (primary N) is 1. The van der Waals surface area contributed by atoms with Crippen molar-refractivity contribution in [3.05, 3.63) is 11.0 Å². The molecular weight excluding hydrogens is 547 g/mol. The second kappa shape index (κ2) is 10.1. The third-order valence-electron chi connectivity index (χ3n) is 4.34. The van der Waals surface area contributed by atoms with Gasteiger partial charge in [-0.15, -0.1) is 0 Å². The van der Waals surface area contributed by atoms with Gasteiger partial charge in [0.15, 0.2) is 16.8 Å². The van der Waals surface area contributed by atoms with Gasteiger partial charge in [-0.1, -0.05) is 12.2 Å². The Morgan fingerprint density at radius 3 is 2.47 bits per heavy atom. The molecule has 1 saturated heterocycles. The average Bonchev–Trinajstić information content (AvgIpc) is 3.27. The summed E-state index contributed by atoms with van der Waals surface area (Å²) in [6.07, 6.45) is -4.54. The van der Waals surface area contributed by atoms with Crippen LogP contribution in [0.1, 0.15) is 6.23 Å². The van der Waals surface area contributed by atoms with Crippen LogP contribution in [0.25, 0.3) is 11.2 Å². The van der Waals surface area contributed by atoms with Crippen molar-refractivity contribution in [3.8, 4) is 0 Å². The molecule has 4 unspecified atom stereocenters. The molecule has 7 N–H and O–H groups in total. The summed E-state index contributed by atoms with van der Waals surface area (Å²) in [7, 11) is -13.9. The topological polar surface area (TPSA) is 260 Å². The number of nitrogens with zero attached hydrogens (tertiary/aromatic N) is 3. The van der Waals surface area contributed by atoms with Crippen molar-refractivity contribution in [2.75, 3.05) is 26.6 Å². The fraction of sp³-hybridized carbons (Fsp3) is 0.583. The van der Waals surface area contributed by atoms with Crippen LogP contribution in [0.4, 0.5) is 5.95 Å². The van der Waals surface area contributed by atoms with Gasteiger partial charge < -0.3 is 35.5 Å². The molecule has 0 radical (unpaired) electrons. The van der Waals surface area contributed by atoms with E-state index in [1.807, 2.05) is 0 Å². The molecule has 34 heavy (non-hydrogen) atoms. The van der Waals surface area contributed by atoms with Gasteiger partial charge in [-0.05, 0) is 0 Å². The fourth-order valence-corrected chi connectivity index (χ4v) is 6.67. The number of aromatic amines is 1. The highest BCUT2D eigenvalue weighted by Crippen LogP contribution is 2.69. The number of phosphoric ester groups is 2. The van der Waals surface area contributed by atoms with Crippen LogP contribution in [0.15, 0.2) is 6.33 Å². The summed E-state index contributed by atoms with van der Waals surface area (Å²) in [5, 5.41) is 20.8. The van der Waals surface area contributed by atoms with Crippen molar-refractivity contribution >= 4 is 52.8 Å². The van der Waals surface area contributed by atoms with Crippen LogP contribution in [0.5, 0.6) is 0 Å². The van der Waals surface area contributed by atoms with E-state index in [0.29, 0.717) is 7.11 Å². The number of anilines is 1. The minimum atomic E-state index is -5.49. The second-order valence-corrected chi connectivity index (χ2v) is 12.0. The number of rotatable bonds is 10. The van der Waals surface area contributed by atoms with E-state index in [0.717, 1.165) is 7.11 Å². The van der Waals surface area contributed by atoms with Crippen molar-refractivity contribution in [2.24, 2.45) is 0 Å². The molecule has 0 aliphatic carbocycles. The number of fused-ring (bicyclic) bond motifs is 1. The Bertz CT molecular complexity index is 1250. The smallest absolute Gasteiger partial charge is 0.387 e. The molecule has 1 aliphatic heterocycles. The lowest BCUT2D eigenvalue weighted by atomic mass is 10.1. The maximum Gasteiger partial charge on any atom is 0.490 e. The number of phosphoric acid groups is 3. The zero-order valence-electron chi connectivity index (χ0n) is 17.2. The van der Waals surface area contributed by atoms with Gasteiger partial charge in [0.1, 0.15) is 29.5 Å². The van der Waals surface area contributed by atoms with Crippen molar-refractivity contribution in [1.29, 1.82) is 0 Å².